The van der Waals surface area contributed by atoms with Crippen LogP contribution in [0.5, 0.6) is 11.5 Å². The lowest BCUT2D eigenvalue weighted by atomic mass is 9.91. The van der Waals surface area contributed by atoms with Crippen LogP contribution in [0.25, 0.3) is 0 Å². The monoisotopic (exact) mass is 359 g/mol. The molecule has 26 heavy (non-hydrogen) atoms. The number of benzene rings is 1. The molecule has 1 atom stereocenters. The van der Waals surface area contributed by atoms with Gasteiger partial charge in [-0.1, -0.05) is 0 Å². The summed E-state index contributed by atoms with van der Waals surface area (Å²) in [4.78, 5) is 26.7. The van der Waals surface area contributed by atoms with Crippen molar-refractivity contribution in [2.75, 3.05) is 24.7 Å². The number of amides is 2. The van der Waals surface area contributed by atoms with E-state index in [4.69, 9.17) is 15.2 Å². The predicted octanol–water partition coefficient (Wildman–Crippen LogP) is 1.20. The van der Waals surface area contributed by atoms with E-state index in [2.05, 4.69) is 5.32 Å². The normalized spacial score (nSPS) is 28.1. The molecule has 140 valence electrons. The largest absolute Gasteiger partial charge is 0.486 e. The van der Waals surface area contributed by atoms with E-state index in [1.165, 1.54) is 0 Å². The van der Waals surface area contributed by atoms with Gasteiger partial charge in [0.15, 0.2) is 11.5 Å². The minimum atomic E-state index is -0.314. The van der Waals surface area contributed by atoms with Crippen LogP contribution in [-0.4, -0.2) is 43.7 Å². The summed E-state index contributed by atoms with van der Waals surface area (Å²) in [5.74, 6) is 0.960. The Bertz CT molecular complexity index is 700. The number of anilines is 1. The van der Waals surface area contributed by atoms with E-state index in [1.807, 2.05) is 18.2 Å². The number of nitrogens with two attached hydrogens (primary N) is 1. The molecule has 2 heterocycles. The van der Waals surface area contributed by atoms with Gasteiger partial charge in [-0.15, -0.1) is 0 Å². The Morgan fingerprint density at radius 1 is 1.12 bits per heavy atom. The fraction of sp³-hybridized carbons (Fsp3) is 0.579. The highest BCUT2D eigenvalue weighted by molar-refractivity contribution is 6.00. The van der Waals surface area contributed by atoms with Crippen molar-refractivity contribution in [3.63, 3.8) is 0 Å². The predicted molar refractivity (Wildman–Crippen MR) is 96.3 cm³/mol. The van der Waals surface area contributed by atoms with Crippen LogP contribution in [0.3, 0.4) is 0 Å². The molecular weight excluding hydrogens is 334 g/mol. The molecule has 3 aliphatic rings. The minimum absolute atomic E-state index is 0.0288. The minimum Gasteiger partial charge on any atom is -0.486 e. The SMILES string of the molecule is NC1CCC(NC(=O)C2CC(=O)N(c3ccc4c(c3)OCCO4)C2)CC1. The van der Waals surface area contributed by atoms with Crippen molar-refractivity contribution >= 4 is 17.5 Å². The van der Waals surface area contributed by atoms with Crippen molar-refractivity contribution in [3.05, 3.63) is 18.2 Å². The summed E-state index contributed by atoms with van der Waals surface area (Å²) in [7, 11) is 0. The molecule has 1 aromatic rings. The summed E-state index contributed by atoms with van der Waals surface area (Å²) >= 11 is 0. The number of fused-ring (bicyclic) bond motifs is 1. The van der Waals surface area contributed by atoms with Crippen LogP contribution < -0.4 is 25.4 Å². The molecule has 7 heteroatoms. The van der Waals surface area contributed by atoms with Gasteiger partial charge in [-0.05, 0) is 37.8 Å². The van der Waals surface area contributed by atoms with E-state index >= 15 is 0 Å². The van der Waals surface area contributed by atoms with Crippen LogP contribution in [0, 0.1) is 5.92 Å². The second-order valence-corrected chi connectivity index (χ2v) is 7.35. The fourth-order valence-corrected chi connectivity index (χ4v) is 3.92. The lowest BCUT2D eigenvalue weighted by molar-refractivity contribution is -0.127. The smallest absolute Gasteiger partial charge is 0.227 e. The van der Waals surface area contributed by atoms with Gasteiger partial charge in [0.1, 0.15) is 13.2 Å². The van der Waals surface area contributed by atoms with Crippen molar-refractivity contribution in [1.82, 2.24) is 5.32 Å². The first-order valence-electron chi connectivity index (χ1n) is 9.36. The van der Waals surface area contributed by atoms with Gasteiger partial charge in [-0.3, -0.25) is 9.59 Å². The number of rotatable bonds is 3. The maximum absolute atomic E-state index is 12.6. The van der Waals surface area contributed by atoms with Crippen LogP contribution in [0.2, 0.25) is 0 Å². The molecular formula is C19H25N3O4. The Labute approximate surface area is 152 Å². The highest BCUT2D eigenvalue weighted by Gasteiger charge is 2.36. The molecule has 3 N–H and O–H groups in total. The first-order chi connectivity index (χ1) is 12.6. The molecule has 0 radical (unpaired) electrons. The quantitative estimate of drug-likeness (QED) is 0.846. The summed E-state index contributed by atoms with van der Waals surface area (Å²) in [6, 6.07) is 5.90. The number of nitrogens with zero attached hydrogens (tertiary/aromatic N) is 1. The van der Waals surface area contributed by atoms with Crippen molar-refractivity contribution in [3.8, 4) is 11.5 Å². The van der Waals surface area contributed by atoms with Crippen LogP contribution in [0.1, 0.15) is 32.1 Å². The van der Waals surface area contributed by atoms with E-state index in [0.717, 1.165) is 31.4 Å². The van der Waals surface area contributed by atoms with Crippen LogP contribution >= 0.6 is 0 Å². The Morgan fingerprint density at radius 2 is 1.85 bits per heavy atom. The number of carbonyl (C=O) groups excluding carboxylic acids is 2. The van der Waals surface area contributed by atoms with Crippen molar-refractivity contribution < 1.29 is 19.1 Å². The average molecular weight is 359 g/mol. The molecule has 1 aliphatic carbocycles. The van der Waals surface area contributed by atoms with Gasteiger partial charge in [0, 0.05) is 36.8 Å². The van der Waals surface area contributed by atoms with Gasteiger partial charge in [0.25, 0.3) is 0 Å². The third-order valence-corrected chi connectivity index (χ3v) is 5.45. The summed E-state index contributed by atoms with van der Waals surface area (Å²) in [6.07, 6.45) is 3.96. The van der Waals surface area contributed by atoms with Gasteiger partial charge in [-0.2, -0.15) is 0 Å². The molecule has 0 bridgehead atoms. The van der Waals surface area contributed by atoms with Crippen LogP contribution in [0.15, 0.2) is 18.2 Å². The zero-order chi connectivity index (χ0) is 18.1. The molecule has 4 rings (SSSR count). The average Bonchev–Trinajstić information content (AvgIpc) is 3.05. The third kappa shape index (κ3) is 3.49. The molecule has 2 aliphatic heterocycles. The lowest BCUT2D eigenvalue weighted by Gasteiger charge is -2.27. The van der Waals surface area contributed by atoms with E-state index in [1.54, 1.807) is 4.90 Å². The zero-order valence-electron chi connectivity index (χ0n) is 14.8. The Hall–Kier alpha value is -2.28. The lowest BCUT2D eigenvalue weighted by Crippen LogP contribution is -2.43. The first kappa shape index (κ1) is 17.1. The van der Waals surface area contributed by atoms with E-state index < -0.39 is 0 Å². The Morgan fingerprint density at radius 3 is 2.62 bits per heavy atom. The highest BCUT2D eigenvalue weighted by atomic mass is 16.6. The summed E-state index contributed by atoms with van der Waals surface area (Å²) in [6.45, 7) is 1.43. The summed E-state index contributed by atoms with van der Waals surface area (Å²) < 4.78 is 11.1. The van der Waals surface area contributed by atoms with Crippen LogP contribution in [0.4, 0.5) is 5.69 Å². The molecule has 2 fully saturated rings. The molecule has 1 aromatic carbocycles. The van der Waals surface area contributed by atoms with E-state index in [-0.39, 0.29) is 36.2 Å². The maximum Gasteiger partial charge on any atom is 0.227 e. The maximum atomic E-state index is 12.6. The van der Waals surface area contributed by atoms with Gasteiger partial charge in [0.2, 0.25) is 11.8 Å². The molecule has 1 saturated carbocycles. The standard InChI is InChI=1S/C19H25N3O4/c20-13-1-3-14(4-2-13)21-19(24)12-9-18(23)22(11-12)15-5-6-16-17(10-15)26-8-7-25-16/h5-6,10,12-14H,1-4,7-9,11,20H2,(H,21,24). The number of hydrogen-bond acceptors (Lipinski definition) is 5. The van der Waals surface area contributed by atoms with Crippen molar-refractivity contribution in [2.45, 2.75) is 44.2 Å². The van der Waals surface area contributed by atoms with Crippen molar-refractivity contribution in [1.29, 1.82) is 0 Å². The van der Waals surface area contributed by atoms with Crippen LogP contribution in [-0.2, 0) is 9.59 Å². The summed E-state index contributed by atoms with van der Waals surface area (Å²) in [5, 5.41) is 3.11. The van der Waals surface area contributed by atoms with E-state index in [0.29, 0.717) is 31.3 Å². The number of ether oxygens (including phenoxy) is 2. The number of carbonyl (C=O) groups is 2. The first-order valence-corrected chi connectivity index (χ1v) is 9.36. The van der Waals surface area contributed by atoms with E-state index in [9.17, 15) is 9.59 Å². The summed E-state index contributed by atoms with van der Waals surface area (Å²) in [5.41, 5.74) is 6.66. The zero-order valence-corrected chi connectivity index (χ0v) is 14.8. The second-order valence-electron chi connectivity index (χ2n) is 7.35. The molecule has 7 nitrogen and oxygen atoms in total. The van der Waals surface area contributed by atoms with Gasteiger partial charge in [-0.25, -0.2) is 0 Å². The fourth-order valence-electron chi connectivity index (χ4n) is 3.92. The molecule has 0 spiro atoms. The van der Waals surface area contributed by atoms with Crippen molar-refractivity contribution in [2.24, 2.45) is 11.7 Å². The molecule has 1 unspecified atom stereocenters. The number of hydrogen-bond donors (Lipinski definition) is 2. The van der Waals surface area contributed by atoms with Gasteiger partial charge < -0.3 is 25.4 Å². The molecule has 1 saturated heterocycles. The Kier molecular flexibility index (Phi) is 4.72. The van der Waals surface area contributed by atoms with Gasteiger partial charge in [0.05, 0.1) is 5.92 Å². The second kappa shape index (κ2) is 7.15. The Balaban J connectivity index is 1.39. The van der Waals surface area contributed by atoms with Gasteiger partial charge >= 0.3 is 0 Å². The highest BCUT2D eigenvalue weighted by Crippen LogP contribution is 2.36. The molecule has 0 aromatic heterocycles. The number of nitrogens with one attached hydrogen (secondary N) is 1. The molecule has 2 amide bonds. The topological polar surface area (TPSA) is 93.9 Å². The third-order valence-electron chi connectivity index (χ3n) is 5.45.